The quantitative estimate of drug-likeness (QED) is 0.703. The molecule has 0 saturated carbocycles. The Bertz CT molecular complexity index is 854. The molecule has 1 aliphatic carbocycles. The number of alkyl halides is 3. The van der Waals surface area contributed by atoms with Gasteiger partial charge in [0.2, 0.25) is 0 Å². The third-order valence-electron chi connectivity index (χ3n) is 4.58. The Morgan fingerprint density at radius 1 is 1.07 bits per heavy atom. The van der Waals surface area contributed by atoms with Crippen LogP contribution in [-0.4, -0.2) is 36.9 Å². The minimum atomic E-state index is -4.47. The van der Waals surface area contributed by atoms with Gasteiger partial charge in [0.15, 0.2) is 6.61 Å². The van der Waals surface area contributed by atoms with Gasteiger partial charge in [0.1, 0.15) is 24.2 Å². The third kappa shape index (κ3) is 6.12. The molecule has 156 valence electrons. The first kappa shape index (κ1) is 21.0. The van der Waals surface area contributed by atoms with Crippen LogP contribution in [0.2, 0.25) is 0 Å². The van der Waals surface area contributed by atoms with Crippen LogP contribution in [0.15, 0.2) is 42.5 Å². The number of benzene rings is 2. The monoisotopic (exact) mass is 409 g/mol. The largest absolute Gasteiger partial charge is 0.491 e. The smallest absolute Gasteiger partial charge is 0.416 e. The summed E-state index contributed by atoms with van der Waals surface area (Å²) in [6.07, 6.45) is -2.34. The number of fused-ring (bicyclic) bond motifs is 1. The summed E-state index contributed by atoms with van der Waals surface area (Å²) in [6, 6.07) is 10.2. The van der Waals surface area contributed by atoms with Gasteiger partial charge in [-0.25, -0.2) is 0 Å². The topological polar surface area (TPSA) is 67.8 Å². The van der Waals surface area contributed by atoms with Gasteiger partial charge in [-0.15, -0.1) is 0 Å². The summed E-state index contributed by atoms with van der Waals surface area (Å²) in [5, 5.41) is 12.4. The molecule has 0 bridgehead atoms. The first-order chi connectivity index (χ1) is 13.8. The standard InChI is InChI=1S/C21H22F3NO4/c22-21(23,24)16-5-2-6-18(10-16)28-12-17(26)11-25-20(27)13-29-19-8-7-14-3-1-4-15(14)9-19/h2,5-10,17,26H,1,3-4,11-13H2,(H,25,27). The van der Waals surface area contributed by atoms with E-state index in [2.05, 4.69) is 5.32 Å². The molecule has 0 fully saturated rings. The first-order valence-electron chi connectivity index (χ1n) is 9.30. The fraction of sp³-hybridized carbons (Fsp3) is 0.381. The van der Waals surface area contributed by atoms with Gasteiger partial charge in [0, 0.05) is 6.54 Å². The Labute approximate surface area is 166 Å². The average Bonchev–Trinajstić information content (AvgIpc) is 3.16. The maximum atomic E-state index is 12.7. The Morgan fingerprint density at radius 3 is 2.62 bits per heavy atom. The van der Waals surface area contributed by atoms with E-state index in [1.54, 1.807) is 0 Å². The molecule has 3 rings (SSSR count). The molecule has 1 amide bonds. The molecular formula is C21H22F3NO4. The number of aliphatic hydroxyl groups excluding tert-OH is 1. The second-order valence-corrected chi connectivity index (χ2v) is 6.87. The molecule has 2 aromatic carbocycles. The molecule has 0 radical (unpaired) electrons. The number of halogens is 3. The summed E-state index contributed by atoms with van der Waals surface area (Å²) in [5.74, 6) is 0.197. The fourth-order valence-corrected chi connectivity index (χ4v) is 3.08. The van der Waals surface area contributed by atoms with E-state index in [0.717, 1.165) is 31.4 Å². The highest BCUT2D eigenvalue weighted by Gasteiger charge is 2.30. The minimum absolute atomic E-state index is 0.00913. The Hall–Kier alpha value is -2.74. The van der Waals surface area contributed by atoms with E-state index >= 15 is 0 Å². The molecule has 8 heteroatoms. The van der Waals surface area contributed by atoms with E-state index in [1.165, 1.54) is 23.3 Å². The molecule has 1 aliphatic rings. The van der Waals surface area contributed by atoms with Gasteiger partial charge < -0.3 is 19.9 Å². The van der Waals surface area contributed by atoms with E-state index in [1.807, 2.05) is 18.2 Å². The average molecular weight is 409 g/mol. The van der Waals surface area contributed by atoms with E-state index in [-0.39, 0.29) is 25.5 Å². The van der Waals surface area contributed by atoms with Crippen LogP contribution in [0.25, 0.3) is 0 Å². The molecule has 0 heterocycles. The summed E-state index contributed by atoms with van der Waals surface area (Å²) >= 11 is 0. The highest BCUT2D eigenvalue weighted by molar-refractivity contribution is 5.77. The van der Waals surface area contributed by atoms with Crippen molar-refractivity contribution in [2.75, 3.05) is 19.8 Å². The summed E-state index contributed by atoms with van der Waals surface area (Å²) in [4.78, 5) is 11.9. The van der Waals surface area contributed by atoms with Gasteiger partial charge in [-0.1, -0.05) is 12.1 Å². The van der Waals surface area contributed by atoms with E-state index in [4.69, 9.17) is 9.47 Å². The SMILES string of the molecule is O=C(COc1ccc2c(c1)CCC2)NCC(O)COc1cccc(C(F)(F)F)c1. The minimum Gasteiger partial charge on any atom is -0.491 e. The molecular weight excluding hydrogens is 387 g/mol. The Morgan fingerprint density at radius 2 is 1.83 bits per heavy atom. The molecule has 2 aromatic rings. The lowest BCUT2D eigenvalue weighted by Crippen LogP contribution is -2.37. The molecule has 2 N–H and O–H groups in total. The van der Waals surface area contributed by atoms with Crippen LogP contribution in [0.4, 0.5) is 13.2 Å². The number of hydrogen-bond acceptors (Lipinski definition) is 4. The lowest BCUT2D eigenvalue weighted by molar-refractivity contribution is -0.137. The van der Waals surface area contributed by atoms with Crippen molar-refractivity contribution >= 4 is 5.91 Å². The summed E-state index contributed by atoms with van der Waals surface area (Å²) in [7, 11) is 0. The number of amides is 1. The molecule has 0 saturated heterocycles. The first-order valence-corrected chi connectivity index (χ1v) is 9.30. The predicted molar refractivity (Wildman–Crippen MR) is 99.9 cm³/mol. The highest BCUT2D eigenvalue weighted by Crippen LogP contribution is 2.31. The third-order valence-corrected chi connectivity index (χ3v) is 4.58. The number of hydrogen-bond donors (Lipinski definition) is 2. The van der Waals surface area contributed by atoms with Gasteiger partial charge in [0.25, 0.3) is 5.91 Å². The van der Waals surface area contributed by atoms with Crippen LogP contribution in [0.5, 0.6) is 11.5 Å². The highest BCUT2D eigenvalue weighted by atomic mass is 19.4. The van der Waals surface area contributed by atoms with Gasteiger partial charge in [-0.3, -0.25) is 4.79 Å². The molecule has 1 unspecified atom stereocenters. The van der Waals surface area contributed by atoms with Crippen LogP contribution < -0.4 is 14.8 Å². The van der Waals surface area contributed by atoms with Crippen molar-refractivity contribution in [3.63, 3.8) is 0 Å². The van der Waals surface area contributed by atoms with Crippen LogP contribution in [-0.2, 0) is 23.8 Å². The molecule has 0 aliphatic heterocycles. The van der Waals surface area contributed by atoms with Crippen LogP contribution in [0.1, 0.15) is 23.1 Å². The number of aryl methyl sites for hydroxylation is 2. The van der Waals surface area contributed by atoms with Gasteiger partial charge in [-0.2, -0.15) is 13.2 Å². The van der Waals surface area contributed by atoms with Gasteiger partial charge >= 0.3 is 6.18 Å². The summed E-state index contributed by atoms with van der Waals surface area (Å²) < 4.78 is 48.7. The zero-order valence-electron chi connectivity index (χ0n) is 15.7. The number of aliphatic hydroxyl groups is 1. The van der Waals surface area contributed by atoms with Crippen molar-refractivity contribution in [3.05, 3.63) is 59.2 Å². The number of carbonyl (C=O) groups excluding carboxylic acids is 1. The predicted octanol–water partition coefficient (Wildman–Crippen LogP) is 3.13. The van der Waals surface area contributed by atoms with Crippen molar-refractivity contribution in [1.29, 1.82) is 0 Å². The van der Waals surface area contributed by atoms with Crippen molar-refractivity contribution in [1.82, 2.24) is 5.32 Å². The zero-order valence-corrected chi connectivity index (χ0v) is 15.7. The number of ether oxygens (including phenoxy) is 2. The number of nitrogens with one attached hydrogen (secondary N) is 1. The van der Waals surface area contributed by atoms with E-state index < -0.39 is 23.8 Å². The fourth-order valence-electron chi connectivity index (χ4n) is 3.08. The maximum Gasteiger partial charge on any atom is 0.416 e. The number of carbonyl (C=O) groups is 1. The van der Waals surface area contributed by atoms with Crippen molar-refractivity contribution < 1.29 is 32.5 Å². The van der Waals surface area contributed by atoms with Gasteiger partial charge in [0.05, 0.1) is 5.56 Å². The van der Waals surface area contributed by atoms with Gasteiger partial charge in [-0.05, 0) is 60.7 Å². The number of rotatable bonds is 8. The van der Waals surface area contributed by atoms with Crippen LogP contribution >= 0.6 is 0 Å². The Balaban J connectivity index is 1.38. The van der Waals surface area contributed by atoms with E-state index in [0.29, 0.717) is 5.75 Å². The van der Waals surface area contributed by atoms with Crippen LogP contribution in [0.3, 0.4) is 0 Å². The zero-order chi connectivity index (χ0) is 20.9. The second kappa shape index (κ2) is 9.17. The summed E-state index contributed by atoms with van der Waals surface area (Å²) in [5.41, 5.74) is 1.72. The normalized spacial score (nSPS) is 14.2. The molecule has 0 spiro atoms. The van der Waals surface area contributed by atoms with Crippen molar-refractivity contribution in [2.45, 2.75) is 31.5 Å². The molecule has 1 atom stereocenters. The molecule has 5 nitrogen and oxygen atoms in total. The van der Waals surface area contributed by atoms with Crippen LogP contribution in [0, 0.1) is 0 Å². The lowest BCUT2D eigenvalue weighted by Gasteiger charge is -2.15. The van der Waals surface area contributed by atoms with Crippen molar-refractivity contribution in [2.24, 2.45) is 0 Å². The van der Waals surface area contributed by atoms with Crippen molar-refractivity contribution in [3.8, 4) is 11.5 Å². The molecule has 0 aromatic heterocycles. The maximum absolute atomic E-state index is 12.7. The van der Waals surface area contributed by atoms with E-state index in [9.17, 15) is 23.1 Å². The Kier molecular flexibility index (Phi) is 6.64. The lowest BCUT2D eigenvalue weighted by atomic mass is 10.1. The summed E-state index contributed by atoms with van der Waals surface area (Å²) in [6.45, 7) is -0.557. The second-order valence-electron chi connectivity index (χ2n) is 6.87. The molecule has 29 heavy (non-hydrogen) atoms.